The molecule has 0 amide bonds. The van der Waals surface area contributed by atoms with Crippen LogP contribution >= 0.6 is 0 Å². The van der Waals surface area contributed by atoms with E-state index in [9.17, 15) is 10.1 Å². The average Bonchev–Trinajstić information content (AvgIpc) is 2.94. The molecule has 0 fully saturated rings. The summed E-state index contributed by atoms with van der Waals surface area (Å²) in [5, 5.41) is 15.0. The van der Waals surface area contributed by atoms with Gasteiger partial charge < -0.3 is 9.47 Å². The zero-order valence-electron chi connectivity index (χ0n) is 14.1. The molecule has 0 aliphatic carbocycles. The van der Waals surface area contributed by atoms with Crippen molar-refractivity contribution in [3.05, 3.63) is 57.6 Å². The van der Waals surface area contributed by atoms with E-state index in [2.05, 4.69) is 10.5 Å². The maximum atomic E-state index is 10.8. The topological polar surface area (TPSA) is 86.0 Å². The van der Waals surface area contributed by atoms with Crippen LogP contribution in [0.1, 0.15) is 25.0 Å². The maximum absolute atomic E-state index is 10.8. The molecule has 1 aliphatic heterocycles. The van der Waals surface area contributed by atoms with Crippen LogP contribution < -0.4 is 14.9 Å². The molecular weight excluding hydrogens is 322 g/mol. The fourth-order valence-corrected chi connectivity index (χ4v) is 2.70. The Balaban J connectivity index is 1.80. The molecule has 2 aromatic carbocycles. The first-order chi connectivity index (χ1) is 12.1. The van der Waals surface area contributed by atoms with E-state index in [1.54, 1.807) is 18.3 Å². The number of hydrogen-bond donors (Lipinski definition) is 1. The summed E-state index contributed by atoms with van der Waals surface area (Å²) in [6.07, 6.45) is 2.63. The smallest absolute Gasteiger partial charge is 0.271 e. The number of fused-ring (bicyclic) bond motifs is 1. The van der Waals surface area contributed by atoms with Gasteiger partial charge in [-0.3, -0.25) is 15.5 Å². The van der Waals surface area contributed by atoms with E-state index in [-0.39, 0.29) is 11.8 Å². The van der Waals surface area contributed by atoms with E-state index in [1.165, 1.54) is 12.1 Å². The molecule has 7 nitrogen and oxygen atoms in total. The summed E-state index contributed by atoms with van der Waals surface area (Å²) < 4.78 is 11.5. The first-order valence-corrected chi connectivity index (χ1v) is 8.06. The van der Waals surface area contributed by atoms with Crippen LogP contribution in [0.15, 0.2) is 41.5 Å². The first kappa shape index (κ1) is 16.8. The van der Waals surface area contributed by atoms with Gasteiger partial charge in [0.25, 0.3) is 5.69 Å². The molecule has 0 saturated carbocycles. The van der Waals surface area contributed by atoms with Crippen LogP contribution in [0, 0.1) is 10.1 Å². The summed E-state index contributed by atoms with van der Waals surface area (Å²) >= 11 is 0. The lowest BCUT2D eigenvalue weighted by atomic mass is 10.1. The average molecular weight is 341 g/mol. The highest BCUT2D eigenvalue weighted by Crippen LogP contribution is 2.34. The summed E-state index contributed by atoms with van der Waals surface area (Å²) in [5.74, 6) is 1.58. The Bertz CT molecular complexity index is 820. The number of nitrogens with one attached hydrogen (secondary N) is 1. The molecule has 3 rings (SSSR count). The van der Waals surface area contributed by atoms with E-state index >= 15 is 0 Å². The van der Waals surface area contributed by atoms with Crippen molar-refractivity contribution in [1.82, 2.24) is 0 Å². The van der Waals surface area contributed by atoms with Crippen molar-refractivity contribution in [2.75, 3.05) is 12.0 Å². The van der Waals surface area contributed by atoms with Gasteiger partial charge in [-0.25, -0.2) is 0 Å². The molecule has 7 heteroatoms. The fourth-order valence-electron chi connectivity index (χ4n) is 2.70. The predicted molar refractivity (Wildman–Crippen MR) is 95.7 cm³/mol. The molecule has 0 spiro atoms. The molecule has 0 bridgehead atoms. The molecular formula is C18H19N3O4. The Labute approximate surface area is 145 Å². The molecule has 0 aromatic heterocycles. The third-order valence-electron chi connectivity index (χ3n) is 3.78. The summed E-state index contributed by atoms with van der Waals surface area (Å²) in [5.41, 5.74) is 5.26. The molecule has 25 heavy (non-hydrogen) atoms. The number of hydrazone groups is 1. The van der Waals surface area contributed by atoms with Crippen LogP contribution in [0.3, 0.4) is 0 Å². The van der Waals surface area contributed by atoms with Gasteiger partial charge in [-0.1, -0.05) is 6.07 Å². The van der Waals surface area contributed by atoms with Gasteiger partial charge in [-0.05, 0) is 32.0 Å². The van der Waals surface area contributed by atoms with E-state index in [1.807, 2.05) is 26.0 Å². The minimum Gasteiger partial charge on any atom is -0.493 e. The van der Waals surface area contributed by atoms with Gasteiger partial charge in [-0.2, -0.15) is 5.10 Å². The monoisotopic (exact) mass is 341 g/mol. The van der Waals surface area contributed by atoms with Crippen LogP contribution in [-0.4, -0.2) is 23.8 Å². The van der Waals surface area contributed by atoms with E-state index in [0.29, 0.717) is 12.3 Å². The van der Waals surface area contributed by atoms with Crippen molar-refractivity contribution < 1.29 is 14.4 Å². The van der Waals surface area contributed by atoms with E-state index < -0.39 is 4.92 Å². The lowest BCUT2D eigenvalue weighted by molar-refractivity contribution is -0.384. The Morgan fingerprint density at radius 3 is 3.04 bits per heavy atom. The number of benzene rings is 2. The Morgan fingerprint density at radius 1 is 1.44 bits per heavy atom. The Morgan fingerprint density at radius 2 is 2.28 bits per heavy atom. The second-order valence-corrected chi connectivity index (χ2v) is 5.74. The second kappa shape index (κ2) is 7.21. The highest BCUT2D eigenvalue weighted by Gasteiger charge is 2.21. The third-order valence-corrected chi connectivity index (χ3v) is 3.78. The number of nitro benzene ring substituents is 1. The summed E-state index contributed by atoms with van der Waals surface area (Å²) in [4.78, 5) is 10.4. The molecule has 2 aromatic rings. The molecule has 0 radical (unpaired) electrons. The van der Waals surface area contributed by atoms with Gasteiger partial charge in [-0.15, -0.1) is 0 Å². The minimum atomic E-state index is -0.443. The number of ether oxygens (including phenoxy) is 2. The van der Waals surface area contributed by atoms with Gasteiger partial charge in [0.15, 0.2) is 0 Å². The Hall–Kier alpha value is -3.09. The largest absolute Gasteiger partial charge is 0.493 e. The van der Waals surface area contributed by atoms with Crippen molar-refractivity contribution in [3.63, 3.8) is 0 Å². The molecule has 0 saturated heterocycles. The van der Waals surface area contributed by atoms with Crippen LogP contribution in [-0.2, 0) is 6.42 Å². The quantitative estimate of drug-likeness (QED) is 0.491. The van der Waals surface area contributed by atoms with Crippen molar-refractivity contribution >= 4 is 17.6 Å². The summed E-state index contributed by atoms with van der Waals surface area (Å²) in [7, 11) is 0. The van der Waals surface area contributed by atoms with Crippen molar-refractivity contribution in [1.29, 1.82) is 0 Å². The SMILES string of the molecule is CCOc1cc2c(cc1/C=N\Nc1cccc([N+](=O)[O-])c1)O[C@@H](C)C2. The Kier molecular flexibility index (Phi) is 4.83. The molecule has 1 aliphatic rings. The van der Waals surface area contributed by atoms with E-state index in [0.717, 1.165) is 29.0 Å². The van der Waals surface area contributed by atoms with Crippen molar-refractivity contribution in [2.45, 2.75) is 26.4 Å². The van der Waals surface area contributed by atoms with E-state index in [4.69, 9.17) is 9.47 Å². The molecule has 1 heterocycles. The van der Waals surface area contributed by atoms with Crippen molar-refractivity contribution in [3.8, 4) is 11.5 Å². The van der Waals surface area contributed by atoms with Crippen molar-refractivity contribution in [2.24, 2.45) is 5.10 Å². The van der Waals surface area contributed by atoms with Crippen LogP contribution in [0.4, 0.5) is 11.4 Å². The number of rotatable bonds is 6. The van der Waals surface area contributed by atoms with Crippen LogP contribution in [0.2, 0.25) is 0 Å². The molecule has 0 unspecified atom stereocenters. The lowest BCUT2D eigenvalue weighted by Crippen LogP contribution is -2.05. The fraction of sp³-hybridized carbons (Fsp3) is 0.278. The predicted octanol–water partition coefficient (Wildman–Crippen LogP) is 3.76. The van der Waals surface area contributed by atoms with Gasteiger partial charge in [0, 0.05) is 29.7 Å². The van der Waals surface area contributed by atoms with Gasteiger partial charge >= 0.3 is 0 Å². The normalized spacial score (nSPS) is 15.7. The minimum absolute atomic E-state index is 0.00937. The number of nitrogens with zero attached hydrogens (tertiary/aromatic N) is 2. The standard InChI is InChI=1S/C18H19N3O4/c1-3-24-17-8-13-7-12(2)25-18(13)9-14(17)11-19-20-15-5-4-6-16(10-15)21(22)23/h4-6,8-12,20H,3,7H2,1-2H3/b19-11-/t12-/m0/s1. The zero-order valence-corrected chi connectivity index (χ0v) is 14.1. The van der Waals surface area contributed by atoms with Gasteiger partial charge in [0.2, 0.25) is 0 Å². The maximum Gasteiger partial charge on any atom is 0.271 e. The highest BCUT2D eigenvalue weighted by molar-refractivity contribution is 5.85. The summed E-state index contributed by atoms with van der Waals surface area (Å²) in [6.45, 7) is 4.50. The zero-order chi connectivity index (χ0) is 17.8. The number of non-ortho nitro benzene ring substituents is 1. The van der Waals surface area contributed by atoms with Gasteiger partial charge in [0.1, 0.15) is 17.6 Å². The molecule has 1 N–H and O–H groups in total. The highest BCUT2D eigenvalue weighted by atomic mass is 16.6. The first-order valence-electron chi connectivity index (χ1n) is 8.06. The second-order valence-electron chi connectivity index (χ2n) is 5.74. The lowest BCUT2D eigenvalue weighted by Gasteiger charge is -2.09. The number of nitro groups is 1. The van der Waals surface area contributed by atoms with Crippen LogP contribution in [0.25, 0.3) is 0 Å². The van der Waals surface area contributed by atoms with Gasteiger partial charge in [0.05, 0.1) is 23.4 Å². The number of hydrogen-bond acceptors (Lipinski definition) is 6. The number of anilines is 1. The van der Waals surface area contributed by atoms with Crippen LogP contribution in [0.5, 0.6) is 11.5 Å². The summed E-state index contributed by atoms with van der Waals surface area (Å²) in [6, 6.07) is 10.1. The molecule has 130 valence electrons. The third kappa shape index (κ3) is 3.88. The molecule has 1 atom stereocenters.